The van der Waals surface area contributed by atoms with Gasteiger partial charge in [0.1, 0.15) is 6.23 Å². The fraction of sp³-hybridized carbons (Fsp3) is 0.500. The van der Waals surface area contributed by atoms with Gasteiger partial charge in [0.2, 0.25) is 5.28 Å². The van der Waals surface area contributed by atoms with Crippen molar-refractivity contribution in [1.82, 2.24) is 19.5 Å². The Kier molecular flexibility index (Phi) is 3.20. The number of nitrogens with zero attached hydrogens (tertiary/aromatic N) is 4. The van der Waals surface area contributed by atoms with Gasteiger partial charge in [0.05, 0.1) is 6.10 Å². The van der Waals surface area contributed by atoms with Crippen LogP contribution in [0.4, 0.5) is 10.2 Å². The summed E-state index contributed by atoms with van der Waals surface area (Å²) in [5.74, 6) is 0.349. The first-order chi connectivity index (χ1) is 9.10. The Labute approximate surface area is 117 Å². The van der Waals surface area contributed by atoms with E-state index in [-0.39, 0.29) is 34.6 Å². The van der Waals surface area contributed by atoms with Crippen molar-refractivity contribution >= 4 is 40.2 Å². The maximum Gasteiger partial charge on any atom is 0.312 e. The number of imidazole rings is 1. The number of nitrogens with two attached hydrogens (primary N) is 1. The quantitative estimate of drug-likeness (QED) is 0.522. The summed E-state index contributed by atoms with van der Waals surface area (Å²) in [6.45, 7) is 0. The fourth-order valence-electron chi connectivity index (χ4n) is 2.19. The van der Waals surface area contributed by atoms with E-state index in [1.165, 1.54) is 4.57 Å². The molecule has 9 heteroatoms. The summed E-state index contributed by atoms with van der Waals surface area (Å²) in [5, 5.41) is 0.141. The topological polar surface area (TPSA) is 78.9 Å². The maximum atomic E-state index is 13.3. The highest BCUT2D eigenvalue weighted by atomic mass is 35.5. The number of rotatable bonds is 2. The molecule has 3 rings (SSSR count). The van der Waals surface area contributed by atoms with Crippen LogP contribution in [0.15, 0.2) is 0 Å². The molecular formula is C10H10Cl2FN5O. The number of hydrogen-bond donors (Lipinski definition) is 1. The zero-order valence-corrected chi connectivity index (χ0v) is 11.2. The highest BCUT2D eigenvalue weighted by Crippen LogP contribution is 2.34. The molecule has 0 aliphatic carbocycles. The molecule has 0 unspecified atom stereocenters. The zero-order chi connectivity index (χ0) is 13.6. The van der Waals surface area contributed by atoms with E-state index in [0.717, 1.165) is 6.42 Å². The van der Waals surface area contributed by atoms with Gasteiger partial charge in [-0.25, -0.2) is 4.98 Å². The van der Waals surface area contributed by atoms with Gasteiger partial charge in [-0.2, -0.15) is 14.4 Å². The summed E-state index contributed by atoms with van der Waals surface area (Å²) in [5.41, 5.74) is 6.10. The molecule has 2 atom stereocenters. The average molecular weight is 306 g/mol. The molecule has 1 aliphatic heterocycles. The Bertz CT molecular complexity index is 634. The van der Waals surface area contributed by atoms with Crippen molar-refractivity contribution < 1.29 is 9.13 Å². The largest absolute Gasteiger partial charge is 0.382 e. The van der Waals surface area contributed by atoms with Crippen molar-refractivity contribution in [2.75, 3.05) is 11.6 Å². The third-order valence-electron chi connectivity index (χ3n) is 3.04. The summed E-state index contributed by atoms with van der Waals surface area (Å²) in [7, 11) is 0. The number of fused-ring (bicyclic) bond motifs is 1. The van der Waals surface area contributed by atoms with Gasteiger partial charge in [0, 0.05) is 5.88 Å². The molecule has 1 fully saturated rings. The zero-order valence-electron chi connectivity index (χ0n) is 9.68. The van der Waals surface area contributed by atoms with E-state index in [0.29, 0.717) is 12.3 Å². The van der Waals surface area contributed by atoms with Crippen molar-refractivity contribution in [3.8, 4) is 0 Å². The summed E-state index contributed by atoms with van der Waals surface area (Å²) >= 11 is 11.8. The summed E-state index contributed by atoms with van der Waals surface area (Å²) in [6.07, 6.45) is 0.162. The summed E-state index contributed by atoms with van der Waals surface area (Å²) in [6, 6.07) is 0. The Morgan fingerprint density at radius 1 is 1.37 bits per heavy atom. The number of hydrogen-bond acceptors (Lipinski definition) is 5. The molecule has 6 nitrogen and oxygen atoms in total. The minimum atomic E-state index is -0.922. The van der Waals surface area contributed by atoms with Crippen LogP contribution in [0.5, 0.6) is 0 Å². The van der Waals surface area contributed by atoms with Crippen LogP contribution < -0.4 is 5.73 Å². The van der Waals surface area contributed by atoms with E-state index in [1.807, 2.05) is 0 Å². The smallest absolute Gasteiger partial charge is 0.312 e. The van der Waals surface area contributed by atoms with E-state index in [9.17, 15) is 4.39 Å². The van der Waals surface area contributed by atoms with E-state index in [4.69, 9.17) is 33.7 Å². The van der Waals surface area contributed by atoms with Gasteiger partial charge in [-0.1, -0.05) is 0 Å². The molecule has 3 heterocycles. The summed E-state index contributed by atoms with van der Waals surface area (Å²) < 4.78 is 20.5. The number of alkyl halides is 1. The Hall–Kier alpha value is -1.18. The number of nitrogen functional groups attached to an aromatic ring is 1. The van der Waals surface area contributed by atoms with Crippen molar-refractivity contribution in [1.29, 1.82) is 0 Å². The number of aromatic nitrogens is 4. The van der Waals surface area contributed by atoms with Crippen molar-refractivity contribution in [2.45, 2.75) is 25.2 Å². The van der Waals surface area contributed by atoms with Crippen molar-refractivity contribution in [3.63, 3.8) is 0 Å². The van der Waals surface area contributed by atoms with Crippen LogP contribution in [-0.4, -0.2) is 31.5 Å². The Morgan fingerprint density at radius 2 is 2.16 bits per heavy atom. The SMILES string of the molecule is Nc1nc(F)nc2c1nc(Cl)n2[C@H]1CC[C@@H](CCl)O1. The van der Waals surface area contributed by atoms with Crippen LogP contribution in [0, 0.1) is 6.08 Å². The molecule has 2 aromatic rings. The van der Waals surface area contributed by atoms with Crippen LogP contribution in [0.25, 0.3) is 11.2 Å². The van der Waals surface area contributed by atoms with Gasteiger partial charge in [-0.15, -0.1) is 11.6 Å². The molecule has 19 heavy (non-hydrogen) atoms. The normalized spacial score (nSPS) is 23.3. The monoisotopic (exact) mass is 305 g/mol. The molecule has 0 radical (unpaired) electrons. The first kappa shape index (κ1) is 12.8. The highest BCUT2D eigenvalue weighted by molar-refractivity contribution is 6.29. The first-order valence-corrected chi connectivity index (χ1v) is 6.59. The average Bonchev–Trinajstić information content (AvgIpc) is 2.93. The van der Waals surface area contributed by atoms with E-state index >= 15 is 0 Å². The Morgan fingerprint density at radius 3 is 2.84 bits per heavy atom. The van der Waals surface area contributed by atoms with Crippen molar-refractivity contribution in [2.24, 2.45) is 0 Å². The second-order valence-corrected chi connectivity index (χ2v) is 4.89. The standard InChI is InChI=1S/C10H10Cl2FN5O/c11-3-4-1-2-5(19-4)18-8-6(15-9(18)12)7(14)16-10(13)17-8/h4-5H,1-3H2,(H2,14,16,17)/t4-,5+/m0/s1. The lowest BCUT2D eigenvalue weighted by atomic mass is 10.2. The van der Waals surface area contributed by atoms with Crippen LogP contribution in [-0.2, 0) is 4.74 Å². The molecular weight excluding hydrogens is 296 g/mol. The lowest BCUT2D eigenvalue weighted by Gasteiger charge is -2.14. The van der Waals surface area contributed by atoms with E-state index in [1.54, 1.807) is 0 Å². The number of anilines is 1. The molecule has 0 aromatic carbocycles. The van der Waals surface area contributed by atoms with Gasteiger partial charge < -0.3 is 10.5 Å². The van der Waals surface area contributed by atoms with Crippen LogP contribution >= 0.6 is 23.2 Å². The lowest BCUT2D eigenvalue weighted by molar-refractivity contribution is 0.0149. The molecule has 1 aliphatic rings. The second-order valence-electron chi connectivity index (χ2n) is 4.25. The third-order valence-corrected chi connectivity index (χ3v) is 3.65. The predicted octanol–water partition coefficient (Wildman–Crippen LogP) is 2.12. The van der Waals surface area contributed by atoms with E-state index < -0.39 is 6.08 Å². The van der Waals surface area contributed by atoms with Gasteiger partial charge in [-0.3, -0.25) is 4.57 Å². The molecule has 2 N–H and O–H groups in total. The van der Waals surface area contributed by atoms with Crippen LogP contribution in [0.3, 0.4) is 0 Å². The second kappa shape index (κ2) is 4.73. The molecule has 0 amide bonds. The molecule has 102 valence electrons. The van der Waals surface area contributed by atoms with Gasteiger partial charge in [0.25, 0.3) is 0 Å². The number of ether oxygens (including phenoxy) is 1. The lowest BCUT2D eigenvalue weighted by Crippen LogP contribution is -2.13. The van der Waals surface area contributed by atoms with Crippen LogP contribution in [0.2, 0.25) is 5.28 Å². The first-order valence-electron chi connectivity index (χ1n) is 5.68. The number of halogens is 3. The molecule has 0 saturated carbocycles. The minimum Gasteiger partial charge on any atom is -0.382 e. The molecule has 1 saturated heterocycles. The molecule has 0 bridgehead atoms. The fourth-order valence-corrected chi connectivity index (χ4v) is 2.69. The van der Waals surface area contributed by atoms with Crippen molar-refractivity contribution in [3.05, 3.63) is 11.4 Å². The Balaban J connectivity index is 2.11. The third kappa shape index (κ3) is 2.11. The summed E-state index contributed by atoms with van der Waals surface area (Å²) in [4.78, 5) is 11.2. The molecule has 2 aromatic heterocycles. The predicted molar refractivity (Wildman–Crippen MR) is 68.6 cm³/mol. The van der Waals surface area contributed by atoms with E-state index in [2.05, 4.69) is 15.0 Å². The molecule has 0 spiro atoms. The van der Waals surface area contributed by atoms with Gasteiger partial charge in [-0.05, 0) is 24.4 Å². The van der Waals surface area contributed by atoms with Crippen LogP contribution in [0.1, 0.15) is 19.1 Å². The maximum absolute atomic E-state index is 13.3. The van der Waals surface area contributed by atoms with Gasteiger partial charge in [0.15, 0.2) is 17.0 Å². The minimum absolute atomic E-state index is 0.0463. The highest BCUT2D eigenvalue weighted by Gasteiger charge is 2.30. The van der Waals surface area contributed by atoms with Gasteiger partial charge >= 0.3 is 6.08 Å².